The second kappa shape index (κ2) is 7.23. The van der Waals surface area contributed by atoms with E-state index in [0.717, 1.165) is 43.1 Å². The first-order valence-electron chi connectivity index (χ1n) is 10.2. The number of hydrogen-bond acceptors (Lipinski definition) is 4. The van der Waals surface area contributed by atoms with Gasteiger partial charge in [-0.3, -0.25) is 0 Å². The van der Waals surface area contributed by atoms with Gasteiger partial charge in [-0.2, -0.15) is 0 Å². The number of fused-ring (bicyclic) bond motifs is 1. The molecule has 2 N–H and O–H groups in total. The fraction of sp³-hybridized carbons (Fsp3) is 0.565. The zero-order valence-corrected chi connectivity index (χ0v) is 18.0. The monoisotopic (exact) mass is 366 g/mol. The third kappa shape index (κ3) is 3.60. The van der Waals surface area contributed by atoms with Crippen LogP contribution in [0.25, 0.3) is 0 Å². The highest BCUT2D eigenvalue weighted by atomic mass is 15.2. The summed E-state index contributed by atoms with van der Waals surface area (Å²) in [5.41, 5.74) is 13.8. The first-order chi connectivity index (χ1) is 12.7. The summed E-state index contributed by atoms with van der Waals surface area (Å²) in [6.07, 6.45) is 3.20. The second-order valence-corrected chi connectivity index (χ2v) is 8.64. The van der Waals surface area contributed by atoms with E-state index in [1.165, 1.54) is 27.9 Å². The van der Waals surface area contributed by atoms with E-state index in [1.807, 2.05) is 6.92 Å². The predicted molar refractivity (Wildman–Crippen MR) is 114 cm³/mol. The van der Waals surface area contributed by atoms with Gasteiger partial charge >= 0.3 is 0 Å². The minimum absolute atomic E-state index is 0.361. The van der Waals surface area contributed by atoms with Gasteiger partial charge in [0.2, 0.25) is 0 Å². The summed E-state index contributed by atoms with van der Waals surface area (Å²) in [4.78, 5) is 12.1. The number of aromatic nitrogens is 2. The molecule has 0 fully saturated rings. The molecule has 0 aliphatic carbocycles. The SMILES string of the molecule is CCCCC(C)(N)c1nc(C)nc2c1C(C)CN2c1c(C)cc(C)cc1C. The van der Waals surface area contributed by atoms with E-state index in [1.54, 1.807) is 0 Å². The molecule has 0 saturated carbocycles. The highest BCUT2D eigenvalue weighted by Crippen LogP contribution is 2.45. The van der Waals surface area contributed by atoms with E-state index < -0.39 is 5.54 Å². The summed E-state index contributed by atoms with van der Waals surface area (Å²) in [5.74, 6) is 2.21. The van der Waals surface area contributed by atoms with E-state index >= 15 is 0 Å². The molecule has 2 heterocycles. The fourth-order valence-corrected chi connectivity index (χ4v) is 4.57. The molecular formula is C23H34N4. The van der Waals surface area contributed by atoms with Crippen LogP contribution in [-0.2, 0) is 5.54 Å². The number of hydrogen-bond donors (Lipinski definition) is 1. The molecule has 2 atom stereocenters. The smallest absolute Gasteiger partial charge is 0.140 e. The van der Waals surface area contributed by atoms with Crippen molar-refractivity contribution >= 4 is 11.5 Å². The Morgan fingerprint density at radius 3 is 2.37 bits per heavy atom. The summed E-state index contributed by atoms with van der Waals surface area (Å²) in [6.45, 7) is 16.1. The van der Waals surface area contributed by atoms with Crippen molar-refractivity contribution in [2.45, 2.75) is 79.2 Å². The van der Waals surface area contributed by atoms with Crippen LogP contribution in [0.5, 0.6) is 0 Å². The van der Waals surface area contributed by atoms with Crippen LogP contribution in [0.4, 0.5) is 11.5 Å². The van der Waals surface area contributed by atoms with Crippen molar-refractivity contribution in [3.8, 4) is 0 Å². The first kappa shape index (κ1) is 19.8. The van der Waals surface area contributed by atoms with Crippen molar-refractivity contribution in [1.82, 2.24) is 9.97 Å². The van der Waals surface area contributed by atoms with E-state index in [9.17, 15) is 0 Å². The predicted octanol–water partition coefficient (Wildman–Crippen LogP) is 5.33. The van der Waals surface area contributed by atoms with Crippen LogP contribution < -0.4 is 10.6 Å². The molecular weight excluding hydrogens is 332 g/mol. The first-order valence-corrected chi connectivity index (χ1v) is 10.2. The van der Waals surface area contributed by atoms with Gasteiger partial charge in [0.15, 0.2) is 0 Å². The molecule has 2 aromatic rings. The Hall–Kier alpha value is -1.94. The fourth-order valence-electron chi connectivity index (χ4n) is 4.57. The van der Waals surface area contributed by atoms with Crippen LogP contribution in [-0.4, -0.2) is 16.5 Å². The van der Waals surface area contributed by atoms with Gasteiger partial charge in [0.25, 0.3) is 0 Å². The molecule has 4 nitrogen and oxygen atoms in total. The molecule has 3 rings (SSSR count). The Bertz CT molecular complexity index is 831. The van der Waals surface area contributed by atoms with Crippen LogP contribution in [0.1, 0.15) is 79.7 Å². The Labute approximate surface area is 164 Å². The van der Waals surface area contributed by atoms with Gasteiger partial charge in [-0.05, 0) is 52.2 Å². The average molecular weight is 367 g/mol. The summed E-state index contributed by atoms with van der Waals surface area (Å²) in [5, 5.41) is 0. The van der Waals surface area contributed by atoms with Crippen LogP contribution >= 0.6 is 0 Å². The maximum absolute atomic E-state index is 6.78. The maximum Gasteiger partial charge on any atom is 0.140 e. The van der Waals surface area contributed by atoms with E-state index in [2.05, 4.69) is 58.6 Å². The van der Waals surface area contributed by atoms with Crippen LogP contribution in [0.15, 0.2) is 12.1 Å². The number of benzene rings is 1. The topological polar surface area (TPSA) is 55.0 Å². The minimum Gasteiger partial charge on any atom is -0.325 e. The summed E-state index contributed by atoms with van der Waals surface area (Å²) >= 11 is 0. The zero-order chi connectivity index (χ0) is 19.9. The van der Waals surface area contributed by atoms with Gasteiger partial charge in [-0.15, -0.1) is 0 Å². The van der Waals surface area contributed by atoms with Crippen LogP contribution in [0.2, 0.25) is 0 Å². The normalized spacial score (nSPS) is 18.5. The molecule has 1 aliphatic heterocycles. The van der Waals surface area contributed by atoms with Crippen molar-refractivity contribution in [2.75, 3.05) is 11.4 Å². The van der Waals surface area contributed by atoms with Gasteiger partial charge in [0.1, 0.15) is 11.6 Å². The Balaban J connectivity index is 2.16. The Morgan fingerprint density at radius 2 is 1.78 bits per heavy atom. The third-order valence-electron chi connectivity index (χ3n) is 5.74. The van der Waals surface area contributed by atoms with Gasteiger partial charge in [0, 0.05) is 23.7 Å². The summed E-state index contributed by atoms with van der Waals surface area (Å²) < 4.78 is 0. The van der Waals surface area contributed by atoms with E-state index in [0.29, 0.717) is 5.92 Å². The Morgan fingerprint density at radius 1 is 1.15 bits per heavy atom. The number of anilines is 2. The van der Waals surface area contributed by atoms with Crippen molar-refractivity contribution < 1.29 is 0 Å². The molecule has 0 spiro atoms. The molecule has 27 heavy (non-hydrogen) atoms. The number of unbranched alkanes of at least 4 members (excludes halogenated alkanes) is 1. The van der Waals surface area contributed by atoms with Crippen LogP contribution in [0.3, 0.4) is 0 Å². The number of nitrogens with two attached hydrogens (primary N) is 1. The molecule has 1 aromatic heterocycles. The molecule has 2 unspecified atom stereocenters. The van der Waals surface area contributed by atoms with Crippen molar-refractivity contribution in [3.63, 3.8) is 0 Å². The maximum atomic E-state index is 6.78. The van der Waals surface area contributed by atoms with Crippen molar-refractivity contribution in [2.24, 2.45) is 5.73 Å². The highest BCUT2D eigenvalue weighted by Gasteiger charge is 2.37. The van der Waals surface area contributed by atoms with Gasteiger partial charge in [0.05, 0.1) is 11.2 Å². The zero-order valence-electron chi connectivity index (χ0n) is 18.0. The molecule has 0 bridgehead atoms. The molecule has 0 radical (unpaired) electrons. The summed E-state index contributed by atoms with van der Waals surface area (Å²) in [7, 11) is 0. The number of nitrogens with zero attached hydrogens (tertiary/aromatic N) is 3. The van der Waals surface area contributed by atoms with E-state index in [4.69, 9.17) is 15.7 Å². The Kier molecular flexibility index (Phi) is 5.31. The third-order valence-corrected chi connectivity index (χ3v) is 5.74. The van der Waals surface area contributed by atoms with Gasteiger partial charge in [-0.25, -0.2) is 9.97 Å². The molecule has 0 amide bonds. The number of aryl methyl sites for hydroxylation is 4. The second-order valence-electron chi connectivity index (χ2n) is 8.64. The standard InChI is InChI=1S/C23H34N4/c1-8-9-10-23(7,24)21-19-17(5)13-27(22(19)26-18(6)25-21)20-15(3)11-14(2)12-16(20)4/h11-12,17H,8-10,13,24H2,1-7H3. The minimum atomic E-state index is -0.421. The lowest BCUT2D eigenvalue weighted by molar-refractivity contribution is 0.415. The average Bonchev–Trinajstić information content (AvgIpc) is 2.88. The van der Waals surface area contributed by atoms with E-state index in [-0.39, 0.29) is 0 Å². The molecule has 0 saturated heterocycles. The molecule has 4 heteroatoms. The lowest BCUT2D eigenvalue weighted by Crippen LogP contribution is -2.35. The lowest BCUT2D eigenvalue weighted by atomic mass is 9.86. The van der Waals surface area contributed by atoms with Crippen LogP contribution in [0, 0.1) is 27.7 Å². The van der Waals surface area contributed by atoms with Gasteiger partial charge in [-0.1, -0.05) is 44.4 Å². The highest BCUT2D eigenvalue weighted by molar-refractivity contribution is 5.74. The molecule has 146 valence electrons. The summed E-state index contributed by atoms with van der Waals surface area (Å²) in [6, 6.07) is 4.52. The molecule has 1 aliphatic rings. The van der Waals surface area contributed by atoms with Gasteiger partial charge < -0.3 is 10.6 Å². The molecule has 1 aromatic carbocycles. The van der Waals surface area contributed by atoms with Crippen molar-refractivity contribution in [1.29, 1.82) is 0 Å². The largest absolute Gasteiger partial charge is 0.325 e. The number of rotatable bonds is 5. The quantitative estimate of drug-likeness (QED) is 0.777. The van der Waals surface area contributed by atoms with Crippen molar-refractivity contribution in [3.05, 3.63) is 45.9 Å². The lowest BCUT2D eigenvalue weighted by Gasteiger charge is -2.28.